The van der Waals surface area contributed by atoms with E-state index in [9.17, 15) is 5.11 Å². The van der Waals surface area contributed by atoms with Gasteiger partial charge in [0.2, 0.25) is 0 Å². The van der Waals surface area contributed by atoms with Crippen LogP contribution in [0, 0.1) is 28.6 Å². The average Bonchev–Trinajstić information content (AvgIpc) is 3.19. The molecule has 6 atom stereocenters. The lowest BCUT2D eigenvalue weighted by Crippen LogP contribution is -2.60. The molecular formula is C32H46N2O3. The van der Waals surface area contributed by atoms with Gasteiger partial charge in [-0.25, -0.2) is 0 Å². The molecule has 1 saturated heterocycles. The maximum atomic E-state index is 12.4. The topological polar surface area (TPSA) is 54.3 Å². The Hall–Kier alpha value is -1.85. The maximum absolute atomic E-state index is 12.4. The van der Waals surface area contributed by atoms with Crippen molar-refractivity contribution in [1.82, 2.24) is 4.90 Å². The number of hydrogen-bond acceptors (Lipinski definition) is 5. The van der Waals surface area contributed by atoms with Crippen molar-refractivity contribution >= 4 is 5.71 Å². The molecule has 202 valence electrons. The van der Waals surface area contributed by atoms with Crippen molar-refractivity contribution in [3.05, 3.63) is 48.0 Å². The molecule has 2 aliphatic heterocycles. The summed E-state index contributed by atoms with van der Waals surface area (Å²) in [6.45, 7) is 12.8. The van der Waals surface area contributed by atoms with Gasteiger partial charge in [-0.3, -0.25) is 4.90 Å². The Kier molecular flexibility index (Phi) is 6.68. The van der Waals surface area contributed by atoms with Crippen LogP contribution >= 0.6 is 0 Å². The van der Waals surface area contributed by atoms with Gasteiger partial charge in [0, 0.05) is 12.0 Å². The predicted octanol–water partition coefficient (Wildman–Crippen LogP) is 6.52. The first kappa shape index (κ1) is 25.4. The summed E-state index contributed by atoms with van der Waals surface area (Å²) in [6, 6.07) is 0. The van der Waals surface area contributed by atoms with Crippen LogP contribution < -0.4 is 0 Å². The molecule has 1 N–H and O–H groups in total. The lowest BCUT2D eigenvalue weighted by Gasteiger charge is -2.61. The van der Waals surface area contributed by atoms with E-state index >= 15 is 0 Å². The fourth-order valence-electron chi connectivity index (χ4n) is 9.24. The van der Waals surface area contributed by atoms with Gasteiger partial charge < -0.3 is 14.7 Å². The molecule has 4 aliphatic carbocycles. The highest BCUT2D eigenvalue weighted by Gasteiger charge is 2.66. The summed E-state index contributed by atoms with van der Waals surface area (Å²) < 4.78 is 5.67. The van der Waals surface area contributed by atoms with Crippen LogP contribution in [0.4, 0.5) is 0 Å². The van der Waals surface area contributed by atoms with Crippen LogP contribution in [0.3, 0.4) is 0 Å². The Morgan fingerprint density at radius 1 is 1.05 bits per heavy atom. The van der Waals surface area contributed by atoms with Gasteiger partial charge in [-0.05, 0) is 118 Å². The highest BCUT2D eigenvalue weighted by molar-refractivity contribution is 5.96. The Morgan fingerprint density at radius 3 is 2.68 bits per heavy atom. The molecule has 4 fully saturated rings. The third-order valence-corrected chi connectivity index (χ3v) is 11.5. The predicted molar refractivity (Wildman–Crippen MR) is 148 cm³/mol. The van der Waals surface area contributed by atoms with Crippen molar-refractivity contribution in [3.8, 4) is 0 Å². The first-order valence-corrected chi connectivity index (χ1v) is 14.9. The zero-order chi connectivity index (χ0) is 25.7. The van der Waals surface area contributed by atoms with E-state index in [1.165, 1.54) is 44.3 Å². The zero-order valence-corrected chi connectivity index (χ0v) is 23.0. The molecule has 0 aromatic heterocycles. The molecule has 5 nitrogen and oxygen atoms in total. The molecule has 0 aromatic rings. The molecule has 37 heavy (non-hydrogen) atoms. The fraction of sp³-hybridized carbons (Fsp3) is 0.719. The van der Waals surface area contributed by atoms with Crippen LogP contribution in [0.15, 0.2) is 53.1 Å². The standard InChI is InChI=1S/C32H46N2O3/c1-23-7-8-24(22-36-23)27-13-16-32(35)29-10-9-25-21-26(33-37-20-19-34-17-5-4-6-18-34)11-14-30(25,2)28(29)12-15-31(27,32)3/h7-8,21-22,27-29,35H,1,4-6,9-20H2,2-3H3/b33-26-/t27-,28+,29-,30+,31-,32+/m1/s1. The van der Waals surface area contributed by atoms with Crippen molar-refractivity contribution in [3.63, 3.8) is 0 Å². The smallest absolute Gasteiger partial charge is 0.129 e. The number of likely N-dealkylation sites (tertiary alicyclic amines) is 1. The zero-order valence-electron chi connectivity index (χ0n) is 23.0. The van der Waals surface area contributed by atoms with E-state index in [-0.39, 0.29) is 10.8 Å². The van der Waals surface area contributed by atoms with Crippen molar-refractivity contribution < 1.29 is 14.7 Å². The highest BCUT2D eigenvalue weighted by atomic mass is 16.6. The van der Waals surface area contributed by atoms with Crippen LogP contribution in [0.1, 0.15) is 84.5 Å². The number of fused-ring (bicyclic) bond motifs is 5. The largest absolute Gasteiger partial charge is 0.465 e. The first-order chi connectivity index (χ1) is 17.8. The van der Waals surface area contributed by atoms with Gasteiger partial charge in [-0.2, -0.15) is 0 Å². The number of allylic oxidation sites excluding steroid dienone is 5. The van der Waals surface area contributed by atoms with E-state index in [1.807, 2.05) is 12.3 Å². The quantitative estimate of drug-likeness (QED) is 0.341. The summed E-state index contributed by atoms with van der Waals surface area (Å²) in [5, 5.41) is 17.0. The molecule has 0 aromatic carbocycles. The van der Waals surface area contributed by atoms with Gasteiger partial charge in [0.1, 0.15) is 12.4 Å². The number of hydrogen-bond donors (Lipinski definition) is 1. The van der Waals surface area contributed by atoms with Crippen LogP contribution in [0.25, 0.3) is 0 Å². The van der Waals surface area contributed by atoms with Gasteiger partial charge in [0.05, 0.1) is 17.6 Å². The Labute approximate surface area is 223 Å². The van der Waals surface area contributed by atoms with Gasteiger partial charge in [0.25, 0.3) is 0 Å². The molecule has 6 aliphatic rings. The molecule has 0 spiro atoms. The van der Waals surface area contributed by atoms with Gasteiger partial charge in [-0.1, -0.05) is 43.7 Å². The van der Waals surface area contributed by atoms with Crippen molar-refractivity contribution in [1.29, 1.82) is 0 Å². The van der Waals surface area contributed by atoms with Crippen LogP contribution in [-0.4, -0.2) is 47.6 Å². The molecule has 3 saturated carbocycles. The number of oxime groups is 1. The number of piperidine rings is 1. The summed E-state index contributed by atoms with van der Waals surface area (Å²) in [4.78, 5) is 8.29. The minimum atomic E-state index is -0.607. The molecule has 0 amide bonds. The highest BCUT2D eigenvalue weighted by Crippen LogP contribution is 2.69. The Balaban J connectivity index is 1.15. The van der Waals surface area contributed by atoms with Crippen molar-refractivity contribution in [2.24, 2.45) is 33.7 Å². The van der Waals surface area contributed by atoms with Crippen molar-refractivity contribution in [2.75, 3.05) is 26.2 Å². The van der Waals surface area contributed by atoms with Gasteiger partial charge >= 0.3 is 0 Å². The van der Waals surface area contributed by atoms with Gasteiger partial charge in [-0.15, -0.1) is 0 Å². The molecule has 0 bridgehead atoms. The van der Waals surface area contributed by atoms with E-state index in [0.29, 0.717) is 30.1 Å². The van der Waals surface area contributed by atoms with E-state index in [4.69, 9.17) is 9.57 Å². The first-order valence-electron chi connectivity index (χ1n) is 14.9. The van der Waals surface area contributed by atoms with E-state index in [1.54, 1.807) is 5.57 Å². The molecule has 5 heteroatoms. The van der Waals surface area contributed by atoms with Crippen LogP contribution in [-0.2, 0) is 9.57 Å². The van der Waals surface area contributed by atoms with E-state index in [2.05, 4.69) is 42.6 Å². The monoisotopic (exact) mass is 506 g/mol. The second kappa shape index (κ2) is 9.72. The Morgan fingerprint density at radius 2 is 1.89 bits per heavy atom. The molecule has 6 rings (SSSR count). The summed E-state index contributed by atoms with van der Waals surface area (Å²) in [5.41, 5.74) is 3.34. The van der Waals surface area contributed by atoms with Gasteiger partial charge in [0.15, 0.2) is 0 Å². The average molecular weight is 507 g/mol. The van der Waals surface area contributed by atoms with E-state index < -0.39 is 5.60 Å². The fourth-order valence-corrected chi connectivity index (χ4v) is 9.24. The number of aliphatic hydroxyl groups is 1. The summed E-state index contributed by atoms with van der Waals surface area (Å²) in [7, 11) is 0. The normalized spacial score (nSPS) is 42.8. The SMILES string of the molecule is C=C1C=CC([C@H]2CC[C@]3(O)[C@@H]4CCC5=C/C(=N\OCCN6CCCCC6)CC[C@]5(C)[C@H]4CC[C@]23C)=CO1. The lowest BCUT2D eigenvalue weighted by atomic mass is 9.45. The van der Waals surface area contributed by atoms with E-state index in [0.717, 1.165) is 57.2 Å². The van der Waals surface area contributed by atoms with Crippen LogP contribution in [0.5, 0.6) is 0 Å². The molecular weight excluding hydrogens is 460 g/mol. The lowest BCUT2D eigenvalue weighted by molar-refractivity contribution is -0.180. The van der Waals surface area contributed by atoms with Crippen molar-refractivity contribution in [2.45, 2.75) is 90.1 Å². The number of ether oxygens (including phenoxy) is 1. The summed E-state index contributed by atoms with van der Waals surface area (Å²) in [5.74, 6) is 1.94. The summed E-state index contributed by atoms with van der Waals surface area (Å²) >= 11 is 0. The molecule has 0 radical (unpaired) electrons. The third kappa shape index (κ3) is 4.25. The van der Waals surface area contributed by atoms with Crippen LogP contribution in [0.2, 0.25) is 0 Å². The Bertz CT molecular complexity index is 1040. The number of nitrogens with zero attached hydrogens (tertiary/aromatic N) is 2. The second-order valence-corrected chi connectivity index (χ2v) is 13.2. The number of rotatable bonds is 5. The summed E-state index contributed by atoms with van der Waals surface area (Å²) in [6.07, 6.45) is 20.8. The second-order valence-electron chi connectivity index (χ2n) is 13.2. The molecule has 0 unspecified atom stereocenters. The third-order valence-electron chi connectivity index (χ3n) is 11.5. The minimum absolute atomic E-state index is 0.104. The minimum Gasteiger partial charge on any atom is -0.465 e. The molecule has 2 heterocycles. The maximum Gasteiger partial charge on any atom is 0.129 e.